The maximum atomic E-state index is 13.3. The number of ether oxygens (including phenoxy) is 2. The number of nitrogens with one attached hydrogen (secondary N) is 1. The van der Waals surface area contributed by atoms with Gasteiger partial charge in [0.1, 0.15) is 17.4 Å². The van der Waals surface area contributed by atoms with Crippen molar-refractivity contribution in [2.45, 2.75) is 44.4 Å². The highest BCUT2D eigenvalue weighted by molar-refractivity contribution is 5.55. The monoisotopic (exact) mass is 367 g/mol. The molecule has 0 amide bonds. The van der Waals surface area contributed by atoms with Crippen LogP contribution >= 0.6 is 0 Å². The van der Waals surface area contributed by atoms with Gasteiger partial charge in [-0.1, -0.05) is 6.42 Å². The molecule has 1 N–H and O–H groups in total. The van der Waals surface area contributed by atoms with Crippen LogP contribution in [0.3, 0.4) is 0 Å². The van der Waals surface area contributed by atoms with Crippen molar-refractivity contribution in [3.05, 3.63) is 36.0 Å². The van der Waals surface area contributed by atoms with Crippen molar-refractivity contribution >= 4 is 11.6 Å². The Kier molecular flexibility index (Phi) is 5.49. The Hall–Kier alpha value is -2.51. The van der Waals surface area contributed by atoms with Gasteiger partial charge in [-0.25, -0.2) is 4.98 Å². The van der Waals surface area contributed by atoms with E-state index in [2.05, 4.69) is 15.3 Å². The fourth-order valence-corrected chi connectivity index (χ4v) is 2.85. The Balaban J connectivity index is 1.82. The van der Waals surface area contributed by atoms with Crippen LogP contribution in [0.2, 0.25) is 0 Å². The minimum atomic E-state index is -4.57. The van der Waals surface area contributed by atoms with Crippen LogP contribution in [-0.4, -0.2) is 23.2 Å². The quantitative estimate of drug-likeness (QED) is 0.810. The van der Waals surface area contributed by atoms with Crippen LogP contribution in [0.15, 0.2) is 30.5 Å². The van der Waals surface area contributed by atoms with E-state index in [1.807, 2.05) is 0 Å². The molecule has 1 aromatic heterocycles. The molecule has 0 atom stereocenters. The first kappa shape index (κ1) is 18.3. The van der Waals surface area contributed by atoms with E-state index >= 15 is 0 Å². The number of methoxy groups -OCH3 is 1. The zero-order valence-corrected chi connectivity index (χ0v) is 14.3. The van der Waals surface area contributed by atoms with E-state index in [-0.39, 0.29) is 12.1 Å². The average Bonchev–Trinajstić information content (AvgIpc) is 2.62. The van der Waals surface area contributed by atoms with Gasteiger partial charge in [0.25, 0.3) is 0 Å². The molecule has 3 rings (SSSR count). The van der Waals surface area contributed by atoms with E-state index in [0.29, 0.717) is 11.4 Å². The number of nitrogens with zero attached hydrogens (tertiary/aromatic N) is 2. The van der Waals surface area contributed by atoms with Crippen molar-refractivity contribution in [2.24, 2.45) is 0 Å². The summed E-state index contributed by atoms with van der Waals surface area (Å²) >= 11 is 0. The molecular formula is C18H20F3N3O2. The van der Waals surface area contributed by atoms with E-state index in [0.717, 1.165) is 38.3 Å². The Bertz CT molecular complexity index is 729. The molecule has 2 aromatic rings. The molecule has 0 radical (unpaired) electrons. The summed E-state index contributed by atoms with van der Waals surface area (Å²) in [7, 11) is 1.55. The summed E-state index contributed by atoms with van der Waals surface area (Å²) in [5, 5.41) is 2.89. The van der Waals surface area contributed by atoms with Gasteiger partial charge in [-0.05, 0) is 49.9 Å². The Morgan fingerprint density at radius 3 is 2.38 bits per heavy atom. The fourth-order valence-electron chi connectivity index (χ4n) is 2.85. The Morgan fingerprint density at radius 2 is 1.77 bits per heavy atom. The zero-order chi connectivity index (χ0) is 18.6. The summed E-state index contributed by atoms with van der Waals surface area (Å²) in [6, 6.07) is 6.90. The van der Waals surface area contributed by atoms with Gasteiger partial charge in [0, 0.05) is 11.9 Å². The number of aromatic nitrogens is 2. The van der Waals surface area contributed by atoms with Gasteiger partial charge in [-0.15, -0.1) is 0 Å². The molecule has 5 nitrogen and oxygen atoms in total. The highest BCUT2D eigenvalue weighted by Gasteiger charge is 2.37. The zero-order valence-electron chi connectivity index (χ0n) is 14.3. The highest BCUT2D eigenvalue weighted by atomic mass is 19.4. The van der Waals surface area contributed by atoms with Crippen LogP contribution in [0.5, 0.6) is 11.6 Å². The second-order valence-corrected chi connectivity index (χ2v) is 6.14. The van der Waals surface area contributed by atoms with Gasteiger partial charge in [0.05, 0.1) is 7.11 Å². The number of halogens is 3. The topological polar surface area (TPSA) is 56.3 Å². The summed E-state index contributed by atoms with van der Waals surface area (Å²) in [6.45, 7) is 0. The van der Waals surface area contributed by atoms with Crippen molar-refractivity contribution in [2.75, 3.05) is 12.4 Å². The molecule has 1 saturated carbocycles. The van der Waals surface area contributed by atoms with E-state index in [9.17, 15) is 13.2 Å². The average molecular weight is 367 g/mol. The lowest BCUT2D eigenvalue weighted by atomic mass is 9.98. The first-order valence-corrected chi connectivity index (χ1v) is 8.47. The molecule has 1 aromatic carbocycles. The minimum Gasteiger partial charge on any atom is -0.497 e. The van der Waals surface area contributed by atoms with Gasteiger partial charge in [-0.3, -0.25) is 0 Å². The number of anilines is 2. The fraction of sp³-hybridized carbons (Fsp3) is 0.444. The van der Waals surface area contributed by atoms with Crippen molar-refractivity contribution in [3.63, 3.8) is 0 Å². The van der Waals surface area contributed by atoms with Gasteiger partial charge >= 0.3 is 6.18 Å². The highest BCUT2D eigenvalue weighted by Crippen LogP contribution is 2.36. The number of benzene rings is 1. The second-order valence-electron chi connectivity index (χ2n) is 6.14. The molecule has 140 valence electrons. The summed E-state index contributed by atoms with van der Waals surface area (Å²) < 4.78 is 50.4. The molecule has 1 heterocycles. The summed E-state index contributed by atoms with van der Waals surface area (Å²) in [5.41, 5.74) is -0.322. The van der Waals surface area contributed by atoms with Gasteiger partial charge < -0.3 is 14.8 Å². The first-order chi connectivity index (χ1) is 12.5. The van der Waals surface area contributed by atoms with E-state index in [1.54, 1.807) is 31.4 Å². The van der Waals surface area contributed by atoms with Crippen LogP contribution in [0.25, 0.3) is 0 Å². The molecule has 0 aliphatic heterocycles. The van der Waals surface area contributed by atoms with Crippen molar-refractivity contribution in [1.29, 1.82) is 0 Å². The molecule has 8 heteroatoms. The third-order valence-electron chi connectivity index (χ3n) is 4.24. The van der Waals surface area contributed by atoms with Crippen LogP contribution in [0.1, 0.15) is 37.7 Å². The van der Waals surface area contributed by atoms with E-state index in [4.69, 9.17) is 9.47 Å². The molecule has 0 saturated heterocycles. The van der Waals surface area contributed by atoms with Crippen LogP contribution in [-0.2, 0) is 6.18 Å². The molecule has 1 aliphatic rings. The molecule has 0 spiro atoms. The molecule has 1 fully saturated rings. The third-order valence-corrected chi connectivity index (χ3v) is 4.24. The number of hydrogen-bond donors (Lipinski definition) is 1. The van der Waals surface area contributed by atoms with E-state index in [1.165, 1.54) is 0 Å². The number of rotatable bonds is 5. The van der Waals surface area contributed by atoms with Gasteiger partial charge in [0.15, 0.2) is 0 Å². The SMILES string of the molecule is COc1ccc(Nc2ncc(C(F)(F)F)c(OC3CCCCC3)n2)cc1. The van der Waals surface area contributed by atoms with Crippen molar-refractivity contribution < 1.29 is 22.6 Å². The molecular weight excluding hydrogens is 347 g/mol. The molecule has 0 unspecified atom stereocenters. The largest absolute Gasteiger partial charge is 0.497 e. The lowest BCUT2D eigenvalue weighted by molar-refractivity contribution is -0.140. The first-order valence-electron chi connectivity index (χ1n) is 8.47. The van der Waals surface area contributed by atoms with Crippen LogP contribution < -0.4 is 14.8 Å². The summed E-state index contributed by atoms with van der Waals surface area (Å²) in [6.07, 6.45) is 0.418. The lowest BCUT2D eigenvalue weighted by Gasteiger charge is -2.24. The molecule has 26 heavy (non-hydrogen) atoms. The summed E-state index contributed by atoms with van der Waals surface area (Å²) in [4.78, 5) is 7.76. The van der Waals surface area contributed by atoms with Crippen LogP contribution in [0.4, 0.5) is 24.8 Å². The van der Waals surface area contributed by atoms with Gasteiger partial charge in [0.2, 0.25) is 11.8 Å². The molecule has 1 aliphatic carbocycles. The van der Waals surface area contributed by atoms with Crippen LogP contribution in [0, 0.1) is 0 Å². The number of alkyl halides is 3. The summed E-state index contributed by atoms with van der Waals surface area (Å²) in [5.74, 6) is 0.301. The van der Waals surface area contributed by atoms with Gasteiger partial charge in [-0.2, -0.15) is 18.2 Å². The normalized spacial score (nSPS) is 15.5. The minimum absolute atomic E-state index is 0.0500. The maximum Gasteiger partial charge on any atom is 0.423 e. The Labute approximate surface area is 149 Å². The second kappa shape index (κ2) is 7.80. The van der Waals surface area contributed by atoms with Crippen molar-refractivity contribution in [1.82, 2.24) is 9.97 Å². The number of hydrogen-bond acceptors (Lipinski definition) is 5. The third kappa shape index (κ3) is 4.56. The lowest BCUT2D eigenvalue weighted by Crippen LogP contribution is -2.22. The predicted molar refractivity (Wildman–Crippen MR) is 90.8 cm³/mol. The van der Waals surface area contributed by atoms with Crippen molar-refractivity contribution in [3.8, 4) is 11.6 Å². The van der Waals surface area contributed by atoms with E-state index < -0.39 is 17.6 Å². The maximum absolute atomic E-state index is 13.3. The standard InChI is InChI=1S/C18H20F3N3O2/c1-25-13-9-7-12(8-10-13)23-17-22-11-15(18(19,20)21)16(24-17)26-14-5-3-2-4-6-14/h7-11,14H,2-6H2,1H3,(H,22,23,24). The smallest absolute Gasteiger partial charge is 0.423 e. The predicted octanol–water partition coefficient (Wildman–Crippen LogP) is 4.96. The molecule has 0 bridgehead atoms. The Morgan fingerprint density at radius 1 is 1.08 bits per heavy atom.